The van der Waals surface area contributed by atoms with Gasteiger partial charge in [0, 0.05) is 0 Å². The van der Waals surface area contributed by atoms with Gasteiger partial charge in [0.15, 0.2) is 0 Å². The third-order valence-electron chi connectivity index (χ3n) is 3.54. The molecule has 0 rings (SSSR count). The van der Waals surface area contributed by atoms with Gasteiger partial charge in [-0.15, -0.1) is 0 Å². The Balaban J connectivity index is 4.76. The van der Waals surface area contributed by atoms with E-state index in [1.165, 1.54) is 0 Å². The molecule has 0 spiro atoms. The van der Waals surface area contributed by atoms with Gasteiger partial charge in [0.05, 0.1) is 0 Å². The first-order valence-corrected chi connectivity index (χ1v) is 10.9. The first kappa shape index (κ1) is 13.0. The van der Waals surface area contributed by atoms with Crippen molar-refractivity contribution in [1.29, 1.82) is 0 Å². The second kappa shape index (κ2) is 5.68. The average molecular weight is 246 g/mol. The Morgan fingerprint density at radius 3 is 1.62 bits per heavy atom. The summed E-state index contributed by atoms with van der Waals surface area (Å²) in [5.41, 5.74) is 0. The summed E-state index contributed by atoms with van der Waals surface area (Å²) in [5.74, 6) is -0.798. The fraction of sp³-hybridized carbons (Fsp3) is 0.900. The molecule has 0 aliphatic heterocycles. The van der Waals surface area contributed by atoms with Gasteiger partial charge >= 0.3 is 83.8 Å². The van der Waals surface area contributed by atoms with Crippen molar-refractivity contribution in [3.05, 3.63) is 0 Å². The topological polar surface area (TPSA) is 40.1 Å². The van der Waals surface area contributed by atoms with Crippen molar-refractivity contribution >= 4 is 19.2 Å². The van der Waals surface area contributed by atoms with Gasteiger partial charge in [-0.3, -0.25) is 0 Å². The molecule has 0 saturated heterocycles. The minimum absolute atomic E-state index is 0.0972. The quantitative estimate of drug-likeness (QED) is 0.672. The standard InChI is InChI=1S/C10H22GeO2/c1-5-9(10(12)13)11(6-2,7-3)8-4/h9H,5-8H2,1-4H3,(H,12,13)/p-1. The zero-order chi connectivity index (χ0) is 10.5. The first-order chi connectivity index (χ1) is 6.07. The van der Waals surface area contributed by atoms with Gasteiger partial charge in [0.1, 0.15) is 0 Å². The van der Waals surface area contributed by atoms with Crippen LogP contribution in [0, 0.1) is 0 Å². The molecule has 2 nitrogen and oxygen atoms in total. The second-order valence-electron chi connectivity index (χ2n) is 3.70. The van der Waals surface area contributed by atoms with Crippen molar-refractivity contribution < 1.29 is 9.90 Å². The van der Waals surface area contributed by atoms with E-state index in [4.69, 9.17) is 0 Å². The maximum atomic E-state index is 11.0. The van der Waals surface area contributed by atoms with Crippen LogP contribution in [0.25, 0.3) is 0 Å². The van der Waals surface area contributed by atoms with E-state index in [1.54, 1.807) is 0 Å². The molecule has 0 aromatic carbocycles. The Kier molecular flexibility index (Phi) is 5.69. The molecule has 0 aromatic rings. The van der Waals surface area contributed by atoms with Crippen molar-refractivity contribution in [2.75, 3.05) is 0 Å². The molecule has 0 aliphatic rings. The molecule has 0 saturated carbocycles. The van der Waals surface area contributed by atoms with E-state index in [0.717, 1.165) is 22.2 Å². The second-order valence-corrected chi connectivity index (χ2v) is 15.3. The van der Waals surface area contributed by atoms with E-state index >= 15 is 0 Å². The van der Waals surface area contributed by atoms with Gasteiger partial charge in [-0.1, -0.05) is 0 Å². The summed E-state index contributed by atoms with van der Waals surface area (Å²) in [6, 6.07) is 0. The van der Waals surface area contributed by atoms with Gasteiger partial charge in [0.25, 0.3) is 0 Å². The number of rotatable bonds is 6. The van der Waals surface area contributed by atoms with E-state index in [-0.39, 0.29) is 4.75 Å². The number of carboxylic acids is 1. The monoisotopic (exact) mass is 247 g/mol. The predicted molar refractivity (Wildman–Crippen MR) is 56.2 cm³/mol. The van der Waals surface area contributed by atoms with E-state index in [1.807, 2.05) is 6.92 Å². The van der Waals surface area contributed by atoms with E-state index in [9.17, 15) is 9.90 Å². The molecule has 1 atom stereocenters. The Hall–Kier alpha value is 0.0129. The maximum absolute atomic E-state index is 11.0. The third-order valence-corrected chi connectivity index (χ3v) is 16.9. The first-order valence-electron chi connectivity index (χ1n) is 5.28. The molecule has 3 heteroatoms. The van der Waals surface area contributed by atoms with Crippen LogP contribution in [0.3, 0.4) is 0 Å². The molecule has 0 heterocycles. The molecule has 0 N–H and O–H groups in total. The number of aliphatic carboxylic acids is 1. The van der Waals surface area contributed by atoms with Gasteiger partial charge in [-0.25, -0.2) is 0 Å². The van der Waals surface area contributed by atoms with E-state index < -0.39 is 19.2 Å². The molecule has 0 fully saturated rings. The molecule has 0 radical (unpaired) electrons. The molecule has 1 unspecified atom stereocenters. The van der Waals surface area contributed by atoms with Crippen molar-refractivity contribution in [3.8, 4) is 0 Å². The van der Waals surface area contributed by atoms with Crippen LogP contribution in [0.1, 0.15) is 34.1 Å². The zero-order valence-electron chi connectivity index (χ0n) is 9.22. The van der Waals surface area contributed by atoms with Crippen LogP contribution in [-0.2, 0) is 4.79 Å². The molecule has 13 heavy (non-hydrogen) atoms. The summed E-state index contributed by atoms with van der Waals surface area (Å²) in [7, 11) is 0. The van der Waals surface area contributed by atoms with Crippen molar-refractivity contribution in [3.63, 3.8) is 0 Å². The van der Waals surface area contributed by atoms with Crippen LogP contribution in [0.5, 0.6) is 0 Å². The van der Waals surface area contributed by atoms with Crippen molar-refractivity contribution in [2.24, 2.45) is 0 Å². The number of carboxylic acid groups (broad SMARTS) is 1. The summed E-state index contributed by atoms with van der Waals surface area (Å²) in [6.45, 7) is 8.43. The van der Waals surface area contributed by atoms with Gasteiger partial charge in [-0.05, 0) is 0 Å². The minimum atomic E-state index is -2.11. The number of carbonyl (C=O) groups excluding carboxylic acids is 1. The Labute approximate surface area is 84.1 Å². The van der Waals surface area contributed by atoms with Crippen molar-refractivity contribution in [1.82, 2.24) is 0 Å². The SMILES string of the molecule is CC[CH](C(=O)[O-])[Ge]([CH2]C)([CH2]C)[CH2]C. The zero-order valence-corrected chi connectivity index (χ0v) is 11.3. The molecule has 78 valence electrons. The Morgan fingerprint density at radius 1 is 1.15 bits per heavy atom. The summed E-state index contributed by atoms with van der Waals surface area (Å²) < 4.78 is -0.0972. The van der Waals surface area contributed by atoms with Gasteiger partial charge < -0.3 is 0 Å². The predicted octanol–water partition coefficient (Wildman–Crippen LogP) is 2.02. The average Bonchev–Trinajstić information content (AvgIpc) is 2.13. The van der Waals surface area contributed by atoms with Crippen LogP contribution in [0.4, 0.5) is 0 Å². The molecular formula is C10H21GeO2-. The fourth-order valence-electron chi connectivity index (χ4n) is 2.34. The Morgan fingerprint density at radius 2 is 1.54 bits per heavy atom. The van der Waals surface area contributed by atoms with E-state index in [0.29, 0.717) is 0 Å². The van der Waals surface area contributed by atoms with Crippen LogP contribution >= 0.6 is 0 Å². The molecule has 0 bridgehead atoms. The third kappa shape index (κ3) is 2.73. The number of carbonyl (C=O) groups is 1. The number of hydrogen-bond acceptors (Lipinski definition) is 2. The molecule has 0 aliphatic carbocycles. The summed E-state index contributed by atoms with van der Waals surface area (Å²) in [6.07, 6.45) is 0.762. The van der Waals surface area contributed by atoms with Gasteiger partial charge in [-0.2, -0.15) is 0 Å². The van der Waals surface area contributed by atoms with Crippen LogP contribution in [-0.4, -0.2) is 19.2 Å². The summed E-state index contributed by atoms with van der Waals surface area (Å²) in [4.78, 5) is 11.0. The Bertz CT molecular complexity index is 156. The van der Waals surface area contributed by atoms with Gasteiger partial charge in [0.2, 0.25) is 0 Å². The molecular weight excluding hydrogens is 225 g/mol. The van der Waals surface area contributed by atoms with Crippen LogP contribution in [0.2, 0.25) is 20.5 Å². The van der Waals surface area contributed by atoms with Crippen molar-refractivity contribution in [2.45, 2.75) is 54.6 Å². The summed E-state index contributed by atoms with van der Waals surface area (Å²) >= 11 is -2.11. The van der Waals surface area contributed by atoms with Crippen LogP contribution in [0.15, 0.2) is 0 Å². The normalized spacial score (nSPS) is 14.2. The summed E-state index contributed by atoms with van der Waals surface area (Å²) in [5, 5.41) is 14.3. The number of hydrogen-bond donors (Lipinski definition) is 0. The van der Waals surface area contributed by atoms with Crippen LogP contribution < -0.4 is 5.11 Å². The molecule has 0 amide bonds. The fourth-order valence-corrected chi connectivity index (χ4v) is 11.5. The van der Waals surface area contributed by atoms with E-state index in [2.05, 4.69) is 20.8 Å². The molecule has 0 aromatic heterocycles.